The number of hydrogen-bond acceptors (Lipinski definition) is 3. The van der Waals surface area contributed by atoms with Crippen molar-refractivity contribution in [3.63, 3.8) is 0 Å². The van der Waals surface area contributed by atoms with E-state index in [9.17, 15) is 4.79 Å². The van der Waals surface area contributed by atoms with Crippen LogP contribution in [-0.4, -0.2) is 22.6 Å². The maximum atomic E-state index is 12.4. The van der Waals surface area contributed by atoms with Crippen molar-refractivity contribution in [2.75, 3.05) is 11.9 Å². The van der Waals surface area contributed by atoms with Gasteiger partial charge >= 0.3 is 0 Å². The molecule has 1 aliphatic heterocycles. The minimum Gasteiger partial charge on any atom is -0.312 e. The summed E-state index contributed by atoms with van der Waals surface area (Å²) in [6.07, 6.45) is 0.872. The molecule has 1 amide bonds. The third kappa shape index (κ3) is 2.44. The van der Waals surface area contributed by atoms with Gasteiger partial charge in [-0.05, 0) is 17.5 Å². The van der Waals surface area contributed by atoms with Gasteiger partial charge in [-0.15, -0.1) is 0 Å². The molecule has 1 aliphatic rings. The Morgan fingerprint density at radius 1 is 1.45 bits per heavy atom. The van der Waals surface area contributed by atoms with Crippen molar-refractivity contribution in [1.29, 1.82) is 0 Å². The van der Waals surface area contributed by atoms with Gasteiger partial charge in [-0.3, -0.25) is 9.89 Å². The summed E-state index contributed by atoms with van der Waals surface area (Å²) in [7, 11) is 0. The van der Waals surface area contributed by atoms with Crippen LogP contribution < -0.4 is 10.6 Å². The molecule has 0 spiro atoms. The van der Waals surface area contributed by atoms with E-state index in [0.717, 1.165) is 24.2 Å². The number of anilines is 1. The van der Waals surface area contributed by atoms with Crippen LogP contribution in [0, 0.1) is 0 Å². The van der Waals surface area contributed by atoms with E-state index in [2.05, 4.69) is 26.9 Å². The Labute approximate surface area is 117 Å². The van der Waals surface area contributed by atoms with E-state index in [1.807, 2.05) is 31.2 Å². The van der Waals surface area contributed by atoms with Gasteiger partial charge in [-0.25, -0.2) is 0 Å². The van der Waals surface area contributed by atoms with Gasteiger partial charge in [-0.2, -0.15) is 5.10 Å². The fourth-order valence-electron chi connectivity index (χ4n) is 2.55. The normalized spacial score (nSPS) is 17.6. The summed E-state index contributed by atoms with van der Waals surface area (Å²) in [6.45, 7) is 3.52. The molecule has 3 rings (SSSR count). The molecule has 1 unspecified atom stereocenters. The number of hydrogen-bond donors (Lipinski definition) is 3. The largest absolute Gasteiger partial charge is 0.312 e. The van der Waals surface area contributed by atoms with E-state index >= 15 is 0 Å². The number of carbonyl (C=O) groups is 1. The third-order valence-electron chi connectivity index (χ3n) is 3.67. The number of aromatic nitrogens is 2. The van der Waals surface area contributed by atoms with Gasteiger partial charge in [0.25, 0.3) is 0 Å². The second kappa shape index (κ2) is 5.46. The first-order valence-electron chi connectivity index (χ1n) is 6.91. The molecule has 0 saturated heterocycles. The fraction of sp³-hybridized carbons (Fsp3) is 0.333. The number of rotatable bonds is 3. The van der Waals surface area contributed by atoms with Crippen LogP contribution in [0.3, 0.4) is 0 Å². The standard InChI is InChI=1S/C15H18N4O/c1-2-11-7-14(19-18-11)17-15(20)13-9-16-8-10-5-3-4-6-12(10)13/h3-7,13,16H,2,8-9H2,1H3,(H2,17,18,19,20). The molecule has 0 aliphatic carbocycles. The quantitative estimate of drug-likeness (QED) is 0.796. The number of carbonyl (C=O) groups excluding carboxylic acids is 1. The van der Waals surface area contributed by atoms with Crippen molar-refractivity contribution in [3.05, 3.63) is 47.2 Å². The zero-order chi connectivity index (χ0) is 13.9. The number of H-pyrrole nitrogens is 1. The lowest BCUT2D eigenvalue weighted by atomic mass is 9.90. The van der Waals surface area contributed by atoms with Crippen molar-refractivity contribution in [3.8, 4) is 0 Å². The van der Waals surface area contributed by atoms with Crippen molar-refractivity contribution in [2.24, 2.45) is 0 Å². The third-order valence-corrected chi connectivity index (χ3v) is 3.67. The highest BCUT2D eigenvalue weighted by molar-refractivity contribution is 5.95. The minimum absolute atomic E-state index is 0.0150. The van der Waals surface area contributed by atoms with Crippen LogP contribution >= 0.6 is 0 Å². The number of aryl methyl sites for hydroxylation is 1. The highest BCUT2D eigenvalue weighted by Crippen LogP contribution is 2.24. The number of benzene rings is 1. The lowest BCUT2D eigenvalue weighted by Gasteiger charge is -2.25. The Morgan fingerprint density at radius 2 is 2.30 bits per heavy atom. The molecule has 20 heavy (non-hydrogen) atoms. The molecular weight excluding hydrogens is 252 g/mol. The van der Waals surface area contributed by atoms with Gasteiger partial charge in [0.05, 0.1) is 5.92 Å². The zero-order valence-electron chi connectivity index (χ0n) is 11.4. The lowest BCUT2D eigenvalue weighted by Crippen LogP contribution is -2.35. The first-order valence-corrected chi connectivity index (χ1v) is 6.91. The maximum Gasteiger partial charge on any atom is 0.234 e. The second-order valence-electron chi connectivity index (χ2n) is 5.00. The van der Waals surface area contributed by atoms with E-state index in [1.54, 1.807) is 0 Å². The van der Waals surface area contributed by atoms with Gasteiger partial charge < -0.3 is 10.6 Å². The molecule has 1 aromatic heterocycles. The molecule has 1 aromatic carbocycles. The van der Waals surface area contributed by atoms with Gasteiger partial charge in [0.1, 0.15) is 0 Å². The number of aromatic amines is 1. The summed E-state index contributed by atoms with van der Waals surface area (Å²) in [5, 5.41) is 13.2. The predicted octanol–water partition coefficient (Wildman–Crippen LogP) is 1.80. The summed E-state index contributed by atoms with van der Waals surface area (Å²) in [6, 6.07) is 9.95. The van der Waals surface area contributed by atoms with Crippen LogP contribution in [0.5, 0.6) is 0 Å². The zero-order valence-corrected chi connectivity index (χ0v) is 11.4. The Hall–Kier alpha value is -2.14. The molecule has 0 bridgehead atoms. The Morgan fingerprint density at radius 3 is 3.10 bits per heavy atom. The molecule has 0 fully saturated rings. The van der Waals surface area contributed by atoms with E-state index in [0.29, 0.717) is 12.4 Å². The maximum absolute atomic E-state index is 12.4. The van der Waals surface area contributed by atoms with E-state index in [1.165, 1.54) is 5.56 Å². The van der Waals surface area contributed by atoms with Gasteiger partial charge in [0, 0.05) is 24.8 Å². The monoisotopic (exact) mass is 270 g/mol. The first-order chi connectivity index (χ1) is 9.78. The lowest BCUT2D eigenvalue weighted by molar-refractivity contribution is -0.117. The molecule has 5 nitrogen and oxygen atoms in total. The van der Waals surface area contributed by atoms with Crippen LogP contribution in [0.1, 0.15) is 29.7 Å². The summed E-state index contributed by atoms with van der Waals surface area (Å²) in [4.78, 5) is 12.4. The summed E-state index contributed by atoms with van der Waals surface area (Å²) in [5.41, 5.74) is 3.31. The van der Waals surface area contributed by atoms with Crippen LogP contribution in [0.4, 0.5) is 5.82 Å². The van der Waals surface area contributed by atoms with Crippen LogP contribution in [0.25, 0.3) is 0 Å². The summed E-state index contributed by atoms with van der Waals surface area (Å²) in [5.74, 6) is 0.412. The summed E-state index contributed by atoms with van der Waals surface area (Å²) >= 11 is 0. The first kappa shape index (κ1) is 12.9. The number of nitrogens with one attached hydrogen (secondary N) is 3. The summed E-state index contributed by atoms with van der Waals surface area (Å²) < 4.78 is 0. The minimum atomic E-state index is -0.165. The van der Waals surface area contributed by atoms with Gasteiger partial charge in [0.2, 0.25) is 5.91 Å². The second-order valence-corrected chi connectivity index (χ2v) is 5.00. The molecule has 0 radical (unpaired) electrons. The van der Waals surface area contributed by atoms with Crippen molar-refractivity contribution >= 4 is 11.7 Å². The Bertz CT molecular complexity index is 620. The van der Waals surface area contributed by atoms with Crippen molar-refractivity contribution in [1.82, 2.24) is 15.5 Å². The van der Waals surface area contributed by atoms with Crippen molar-refractivity contribution in [2.45, 2.75) is 25.8 Å². The number of amides is 1. The van der Waals surface area contributed by atoms with Gasteiger partial charge in [-0.1, -0.05) is 31.2 Å². The highest BCUT2D eigenvalue weighted by Gasteiger charge is 2.26. The molecule has 2 aromatic rings. The highest BCUT2D eigenvalue weighted by atomic mass is 16.2. The average Bonchev–Trinajstić information content (AvgIpc) is 2.94. The number of nitrogens with zero attached hydrogens (tertiary/aromatic N) is 1. The molecule has 2 heterocycles. The molecule has 104 valence electrons. The molecule has 0 saturated carbocycles. The Balaban J connectivity index is 1.78. The molecular formula is C15H18N4O. The molecule has 5 heteroatoms. The van der Waals surface area contributed by atoms with E-state index in [4.69, 9.17) is 0 Å². The van der Waals surface area contributed by atoms with Crippen LogP contribution in [0.15, 0.2) is 30.3 Å². The predicted molar refractivity (Wildman–Crippen MR) is 77.5 cm³/mol. The van der Waals surface area contributed by atoms with Crippen LogP contribution in [0.2, 0.25) is 0 Å². The fourth-order valence-corrected chi connectivity index (χ4v) is 2.55. The van der Waals surface area contributed by atoms with E-state index < -0.39 is 0 Å². The topological polar surface area (TPSA) is 69.8 Å². The Kier molecular flexibility index (Phi) is 3.52. The van der Waals surface area contributed by atoms with Crippen molar-refractivity contribution < 1.29 is 4.79 Å². The number of fused-ring (bicyclic) bond motifs is 1. The van der Waals surface area contributed by atoms with Crippen LogP contribution in [-0.2, 0) is 17.8 Å². The average molecular weight is 270 g/mol. The van der Waals surface area contributed by atoms with E-state index in [-0.39, 0.29) is 11.8 Å². The smallest absolute Gasteiger partial charge is 0.234 e. The molecule has 1 atom stereocenters. The SMILES string of the molecule is CCc1cc(NC(=O)C2CNCc3ccccc32)n[nH]1. The van der Waals surface area contributed by atoms with Gasteiger partial charge in [0.15, 0.2) is 5.82 Å². The molecule has 3 N–H and O–H groups in total.